The molecule has 106 valence electrons. The first-order valence-corrected chi connectivity index (χ1v) is 7.77. The van der Waals surface area contributed by atoms with Crippen molar-refractivity contribution in [2.75, 3.05) is 23.7 Å². The maximum atomic E-state index is 5.88. The molecule has 5 heteroatoms. The Kier molecular flexibility index (Phi) is 5.24. The van der Waals surface area contributed by atoms with E-state index in [2.05, 4.69) is 40.8 Å². The van der Waals surface area contributed by atoms with Crippen molar-refractivity contribution in [3.05, 3.63) is 42.0 Å². The van der Waals surface area contributed by atoms with Gasteiger partial charge in [-0.1, -0.05) is 42.1 Å². The summed E-state index contributed by atoms with van der Waals surface area (Å²) in [5.74, 6) is 2.28. The Bertz CT molecular complexity index is 541. The number of rotatable bonds is 6. The third-order valence-corrected chi connectivity index (χ3v) is 3.93. The predicted octanol–water partition coefficient (Wildman–Crippen LogP) is 3.20. The lowest BCUT2D eigenvalue weighted by atomic mass is 10.2. The first kappa shape index (κ1) is 14.7. The van der Waals surface area contributed by atoms with E-state index in [-0.39, 0.29) is 0 Å². The van der Waals surface area contributed by atoms with Crippen LogP contribution in [0.25, 0.3) is 0 Å². The number of hydrogen-bond acceptors (Lipinski definition) is 5. The zero-order valence-corrected chi connectivity index (χ0v) is 12.7. The Hall–Kier alpha value is -1.75. The van der Waals surface area contributed by atoms with E-state index in [1.54, 1.807) is 11.8 Å². The molecule has 1 aromatic heterocycles. The summed E-state index contributed by atoms with van der Waals surface area (Å²) in [4.78, 5) is 11.1. The van der Waals surface area contributed by atoms with Crippen molar-refractivity contribution >= 4 is 23.4 Å². The third-order valence-electron chi connectivity index (χ3n) is 3.01. The van der Waals surface area contributed by atoms with Crippen molar-refractivity contribution < 1.29 is 0 Å². The van der Waals surface area contributed by atoms with Crippen molar-refractivity contribution in [1.29, 1.82) is 0 Å². The third kappa shape index (κ3) is 3.87. The SMILES string of the molecule is CCN(CC)c1cc(N)nc(SCc2ccccc2)n1. The van der Waals surface area contributed by atoms with E-state index in [1.807, 2.05) is 24.3 Å². The number of anilines is 2. The predicted molar refractivity (Wildman–Crippen MR) is 86.0 cm³/mol. The van der Waals surface area contributed by atoms with Gasteiger partial charge in [-0.2, -0.15) is 0 Å². The Balaban J connectivity index is 2.12. The molecule has 0 aliphatic carbocycles. The van der Waals surface area contributed by atoms with E-state index in [9.17, 15) is 0 Å². The van der Waals surface area contributed by atoms with Gasteiger partial charge in [0.25, 0.3) is 0 Å². The molecule has 0 saturated carbocycles. The Labute approximate surface area is 124 Å². The molecule has 4 nitrogen and oxygen atoms in total. The van der Waals surface area contributed by atoms with Crippen LogP contribution in [0.1, 0.15) is 19.4 Å². The molecule has 0 aliphatic heterocycles. The Morgan fingerprint density at radius 2 is 1.80 bits per heavy atom. The Morgan fingerprint density at radius 3 is 2.45 bits per heavy atom. The van der Waals surface area contributed by atoms with Crippen LogP contribution in [0.15, 0.2) is 41.6 Å². The number of nitrogens with two attached hydrogens (primary N) is 1. The molecule has 20 heavy (non-hydrogen) atoms. The largest absolute Gasteiger partial charge is 0.383 e. The minimum Gasteiger partial charge on any atom is -0.383 e. The fourth-order valence-corrected chi connectivity index (χ4v) is 2.74. The molecule has 0 amide bonds. The summed E-state index contributed by atoms with van der Waals surface area (Å²) in [6.07, 6.45) is 0. The van der Waals surface area contributed by atoms with E-state index in [0.29, 0.717) is 5.82 Å². The van der Waals surface area contributed by atoms with Crippen LogP contribution in [-0.2, 0) is 5.75 Å². The minimum atomic E-state index is 0.525. The van der Waals surface area contributed by atoms with Gasteiger partial charge < -0.3 is 10.6 Å². The molecule has 0 spiro atoms. The van der Waals surface area contributed by atoms with Crippen LogP contribution in [0.4, 0.5) is 11.6 Å². The van der Waals surface area contributed by atoms with Gasteiger partial charge in [0.05, 0.1) is 0 Å². The highest BCUT2D eigenvalue weighted by Gasteiger charge is 2.08. The van der Waals surface area contributed by atoms with Gasteiger partial charge in [-0.3, -0.25) is 0 Å². The van der Waals surface area contributed by atoms with Gasteiger partial charge in [0, 0.05) is 24.9 Å². The first-order valence-electron chi connectivity index (χ1n) is 6.79. The number of aromatic nitrogens is 2. The second-order valence-corrected chi connectivity index (χ2v) is 5.32. The summed E-state index contributed by atoms with van der Waals surface area (Å²) in [6.45, 7) is 6.04. The molecule has 1 aromatic carbocycles. The zero-order valence-electron chi connectivity index (χ0n) is 11.9. The van der Waals surface area contributed by atoms with Gasteiger partial charge in [0.15, 0.2) is 5.16 Å². The number of hydrogen-bond donors (Lipinski definition) is 1. The van der Waals surface area contributed by atoms with Gasteiger partial charge in [-0.15, -0.1) is 0 Å². The van der Waals surface area contributed by atoms with Gasteiger partial charge in [-0.25, -0.2) is 9.97 Å². The molecule has 0 unspecified atom stereocenters. The van der Waals surface area contributed by atoms with E-state index in [4.69, 9.17) is 5.73 Å². The highest BCUT2D eigenvalue weighted by molar-refractivity contribution is 7.98. The lowest BCUT2D eigenvalue weighted by Crippen LogP contribution is -2.23. The van der Waals surface area contributed by atoms with Gasteiger partial charge in [-0.05, 0) is 19.4 Å². The van der Waals surface area contributed by atoms with Crippen LogP contribution < -0.4 is 10.6 Å². The second kappa shape index (κ2) is 7.14. The van der Waals surface area contributed by atoms with Crippen molar-refractivity contribution in [2.24, 2.45) is 0 Å². The Morgan fingerprint density at radius 1 is 1.10 bits per heavy atom. The van der Waals surface area contributed by atoms with Gasteiger partial charge in [0.1, 0.15) is 11.6 Å². The minimum absolute atomic E-state index is 0.525. The van der Waals surface area contributed by atoms with Gasteiger partial charge >= 0.3 is 0 Å². The molecule has 2 N–H and O–H groups in total. The highest BCUT2D eigenvalue weighted by Crippen LogP contribution is 2.23. The molecular formula is C15H20N4S. The summed E-state index contributed by atoms with van der Waals surface area (Å²) < 4.78 is 0. The van der Waals surface area contributed by atoms with E-state index < -0.39 is 0 Å². The maximum Gasteiger partial charge on any atom is 0.191 e. The lowest BCUT2D eigenvalue weighted by Gasteiger charge is -2.20. The average Bonchev–Trinajstić information content (AvgIpc) is 2.47. The average molecular weight is 288 g/mol. The smallest absolute Gasteiger partial charge is 0.191 e. The summed E-state index contributed by atoms with van der Waals surface area (Å²) in [5.41, 5.74) is 7.14. The standard InChI is InChI=1S/C15H20N4S/c1-3-19(4-2)14-10-13(16)17-15(18-14)20-11-12-8-6-5-7-9-12/h5-10H,3-4,11H2,1-2H3,(H2,16,17,18). The molecule has 0 bridgehead atoms. The van der Waals surface area contributed by atoms with Crippen LogP contribution >= 0.6 is 11.8 Å². The fourth-order valence-electron chi connectivity index (χ4n) is 1.93. The van der Waals surface area contributed by atoms with E-state index in [1.165, 1.54) is 5.56 Å². The summed E-state index contributed by atoms with van der Waals surface area (Å²) in [5, 5.41) is 0.732. The van der Waals surface area contributed by atoms with Crippen molar-refractivity contribution in [3.8, 4) is 0 Å². The summed E-state index contributed by atoms with van der Waals surface area (Å²) in [6, 6.07) is 12.1. The van der Waals surface area contributed by atoms with Crippen LogP contribution in [0.2, 0.25) is 0 Å². The fraction of sp³-hybridized carbons (Fsp3) is 0.333. The number of nitrogen functional groups attached to an aromatic ring is 1. The monoisotopic (exact) mass is 288 g/mol. The van der Waals surface area contributed by atoms with Crippen molar-refractivity contribution in [2.45, 2.75) is 24.8 Å². The normalized spacial score (nSPS) is 10.5. The van der Waals surface area contributed by atoms with Crippen LogP contribution in [0.5, 0.6) is 0 Å². The second-order valence-electron chi connectivity index (χ2n) is 4.38. The molecule has 1 heterocycles. The molecule has 2 rings (SSSR count). The number of benzene rings is 1. The quantitative estimate of drug-likeness (QED) is 0.653. The zero-order chi connectivity index (χ0) is 14.4. The van der Waals surface area contributed by atoms with Gasteiger partial charge in [0.2, 0.25) is 0 Å². The van der Waals surface area contributed by atoms with E-state index >= 15 is 0 Å². The first-order chi connectivity index (χ1) is 9.72. The summed E-state index contributed by atoms with van der Waals surface area (Å²) >= 11 is 1.61. The number of thioether (sulfide) groups is 1. The molecular weight excluding hydrogens is 268 g/mol. The molecule has 0 atom stereocenters. The molecule has 0 radical (unpaired) electrons. The summed E-state index contributed by atoms with van der Waals surface area (Å²) in [7, 11) is 0. The van der Waals surface area contributed by atoms with Crippen LogP contribution in [-0.4, -0.2) is 23.1 Å². The molecule has 0 fully saturated rings. The number of nitrogens with zero attached hydrogens (tertiary/aromatic N) is 3. The van der Waals surface area contributed by atoms with E-state index in [0.717, 1.165) is 29.8 Å². The van der Waals surface area contributed by atoms with Crippen molar-refractivity contribution in [1.82, 2.24) is 9.97 Å². The molecule has 2 aromatic rings. The highest BCUT2D eigenvalue weighted by atomic mass is 32.2. The lowest BCUT2D eigenvalue weighted by molar-refractivity contribution is 0.821. The molecule has 0 aliphatic rings. The van der Waals surface area contributed by atoms with Crippen molar-refractivity contribution in [3.63, 3.8) is 0 Å². The maximum absolute atomic E-state index is 5.88. The molecule has 0 saturated heterocycles. The van der Waals surface area contributed by atoms with Crippen LogP contribution in [0, 0.1) is 0 Å². The van der Waals surface area contributed by atoms with Crippen LogP contribution in [0.3, 0.4) is 0 Å². The topological polar surface area (TPSA) is 55.0 Å².